The van der Waals surface area contributed by atoms with E-state index in [9.17, 15) is 4.79 Å². The minimum Gasteiger partial charge on any atom is -0.339 e. The molecule has 1 aliphatic rings. The van der Waals surface area contributed by atoms with E-state index in [0.29, 0.717) is 18.6 Å². The first kappa shape index (κ1) is 16.4. The van der Waals surface area contributed by atoms with E-state index in [4.69, 9.17) is 5.73 Å². The van der Waals surface area contributed by atoms with E-state index in [1.807, 2.05) is 4.90 Å². The molecule has 0 radical (unpaired) electrons. The number of carbonyl (C=O) groups is 1. The number of amides is 1. The highest BCUT2D eigenvalue weighted by Gasteiger charge is 2.22. The molecular weight excluding hydrogens is 238 g/mol. The molecule has 19 heavy (non-hydrogen) atoms. The van der Waals surface area contributed by atoms with Crippen LogP contribution >= 0.6 is 0 Å². The lowest BCUT2D eigenvalue weighted by Crippen LogP contribution is -2.47. The molecule has 0 atom stereocenters. The van der Waals surface area contributed by atoms with Crippen LogP contribution < -0.4 is 5.73 Å². The number of hydrogen-bond donors (Lipinski definition) is 1. The molecule has 1 amide bonds. The predicted octanol–water partition coefficient (Wildman–Crippen LogP) is 1.84. The standard InChI is InChI=1S/C15H31N3O/c1-4-5-6-9-18(13(2)3)15(19)12-17-10-7-14(16)8-11-17/h13-14H,4-12,16H2,1-3H3. The van der Waals surface area contributed by atoms with Crippen LogP contribution in [0.4, 0.5) is 0 Å². The normalized spacial score (nSPS) is 17.9. The Morgan fingerprint density at radius 3 is 2.47 bits per heavy atom. The lowest BCUT2D eigenvalue weighted by Gasteiger charge is -2.33. The zero-order valence-electron chi connectivity index (χ0n) is 12.9. The fourth-order valence-corrected chi connectivity index (χ4v) is 2.60. The second-order valence-corrected chi connectivity index (χ2v) is 6.00. The molecule has 0 aromatic heterocycles. The van der Waals surface area contributed by atoms with E-state index in [2.05, 4.69) is 25.7 Å². The maximum absolute atomic E-state index is 12.4. The van der Waals surface area contributed by atoms with Crippen molar-refractivity contribution in [2.45, 2.75) is 65.0 Å². The quantitative estimate of drug-likeness (QED) is 0.717. The van der Waals surface area contributed by atoms with Crippen LogP contribution in [-0.4, -0.2) is 54.0 Å². The summed E-state index contributed by atoms with van der Waals surface area (Å²) in [6.07, 6.45) is 5.56. The van der Waals surface area contributed by atoms with Gasteiger partial charge in [0.25, 0.3) is 0 Å². The van der Waals surface area contributed by atoms with Crippen LogP contribution in [0, 0.1) is 0 Å². The van der Waals surface area contributed by atoms with Crippen molar-refractivity contribution in [3.63, 3.8) is 0 Å². The van der Waals surface area contributed by atoms with Gasteiger partial charge in [0.2, 0.25) is 5.91 Å². The van der Waals surface area contributed by atoms with Gasteiger partial charge in [-0.2, -0.15) is 0 Å². The largest absolute Gasteiger partial charge is 0.339 e. The lowest BCUT2D eigenvalue weighted by molar-refractivity contribution is -0.134. The van der Waals surface area contributed by atoms with E-state index in [0.717, 1.165) is 38.9 Å². The molecule has 112 valence electrons. The summed E-state index contributed by atoms with van der Waals surface area (Å²) in [4.78, 5) is 16.7. The summed E-state index contributed by atoms with van der Waals surface area (Å²) in [5.74, 6) is 0.279. The summed E-state index contributed by atoms with van der Waals surface area (Å²) in [5, 5.41) is 0. The Kier molecular flexibility index (Phi) is 7.39. The summed E-state index contributed by atoms with van der Waals surface area (Å²) in [7, 11) is 0. The maximum Gasteiger partial charge on any atom is 0.236 e. The first-order valence-corrected chi connectivity index (χ1v) is 7.82. The molecule has 0 aromatic carbocycles. The minimum absolute atomic E-state index is 0.279. The molecule has 0 aliphatic carbocycles. The number of rotatable bonds is 7. The first-order valence-electron chi connectivity index (χ1n) is 7.82. The molecule has 0 bridgehead atoms. The molecule has 1 rings (SSSR count). The molecule has 1 heterocycles. The van der Waals surface area contributed by atoms with Crippen molar-refractivity contribution in [2.75, 3.05) is 26.2 Å². The van der Waals surface area contributed by atoms with Crippen molar-refractivity contribution in [1.29, 1.82) is 0 Å². The molecule has 0 aromatic rings. The van der Waals surface area contributed by atoms with Crippen molar-refractivity contribution >= 4 is 5.91 Å². The Morgan fingerprint density at radius 2 is 1.95 bits per heavy atom. The molecule has 1 saturated heterocycles. The summed E-state index contributed by atoms with van der Waals surface area (Å²) >= 11 is 0. The second-order valence-electron chi connectivity index (χ2n) is 6.00. The van der Waals surface area contributed by atoms with Crippen molar-refractivity contribution < 1.29 is 4.79 Å². The third kappa shape index (κ3) is 5.91. The fraction of sp³-hybridized carbons (Fsp3) is 0.933. The van der Waals surface area contributed by atoms with Crippen molar-refractivity contribution in [2.24, 2.45) is 5.73 Å². The highest BCUT2D eigenvalue weighted by molar-refractivity contribution is 5.78. The van der Waals surface area contributed by atoms with Crippen LogP contribution in [0.2, 0.25) is 0 Å². The summed E-state index contributed by atoms with van der Waals surface area (Å²) in [6.45, 7) is 9.81. The lowest BCUT2D eigenvalue weighted by atomic mass is 10.1. The molecule has 2 N–H and O–H groups in total. The zero-order valence-corrected chi connectivity index (χ0v) is 12.9. The summed E-state index contributed by atoms with van der Waals surface area (Å²) in [6, 6.07) is 0.633. The number of likely N-dealkylation sites (tertiary alicyclic amines) is 1. The molecule has 1 aliphatic heterocycles. The van der Waals surface area contributed by atoms with Gasteiger partial charge >= 0.3 is 0 Å². The molecular formula is C15H31N3O. The molecule has 1 fully saturated rings. The third-order valence-corrected chi connectivity index (χ3v) is 3.94. The Labute approximate surface area is 118 Å². The van der Waals surface area contributed by atoms with Crippen molar-refractivity contribution in [3.8, 4) is 0 Å². The Bertz CT molecular complexity index is 260. The van der Waals surface area contributed by atoms with Gasteiger partial charge in [0.1, 0.15) is 0 Å². The van der Waals surface area contributed by atoms with Gasteiger partial charge in [-0.15, -0.1) is 0 Å². The van der Waals surface area contributed by atoms with Crippen molar-refractivity contribution in [1.82, 2.24) is 9.80 Å². The number of nitrogens with zero attached hydrogens (tertiary/aromatic N) is 2. The van der Waals surface area contributed by atoms with Crippen LogP contribution in [0.25, 0.3) is 0 Å². The summed E-state index contributed by atoms with van der Waals surface area (Å²) in [5.41, 5.74) is 5.89. The van der Waals surface area contributed by atoms with E-state index in [1.165, 1.54) is 12.8 Å². The number of nitrogens with two attached hydrogens (primary N) is 1. The van der Waals surface area contributed by atoms with Gasteiger partial charge < -0.3 is 10.6 Å². The SMILES string of the molecule is CCCCCN(C(=O)CN1CCC(N)CC1)C(C)C. The fourth-order valence-electron chi connectivity index (χ4n) is 2.60. The molecule has 0 unspecified atom stereocenters. The van der Waals surface area contributed by atoms with Gasteiger partial charge in [0.05, 0.1) is 6.54 Å². The third-order valence-electron chi connectivity index (χ3n) is 3.94. The highest BCUT2D eigenvalue weighted by Crippen LogP contribution is 2.10. The van der Waals surface area contributed by atoms with Gasteiger partial charge in [-0.05, 0) is 33.1 Å². The Hall–Kier alpha value is -0.610. The summed E-state index contributed by atoms with van der Waals surface area (Å²) < 4.78 is 0. The first-order chi connectivity index (χ1) is 9.04. The van der Waals surface area contributed by atoms with E-state index in [1.54, 1.807) is 0 Å². The van der Waals surface area contributed by atoms with Crippen LogP contribution in [0.3, 0.4) is 0 Å². The molecule has 4 heteroatoms. The van der Waals surface area contributed by atoms with Crippen molar-refractivity contribution in [3.05, 3.63) is 0 Å². The average Bonchev–Trinajstić information content (AvgIpc) is 2.37. The topological polar surface area (TPSA) is 49.6 Å². The van der Waals surface area contributed by atoms with E-state index in [-0.39, 0.29) is 5.91 Å². The average molecular weight is 269 g/mol. The van der Waals surface area contributed by atoms with E-state index < -0.39 is 0 Å². The number of unbranched alkanes of at least 4 members (excludes halogenated alkanes) is 2. The van der Waals surface area contributed by atoms with Gasteiger partial charge in [0, 0.05) is 31.7 Å². The second kappa shape index (κ2) is 8.54. The predicted molar refractivity (Wildman–Crippen MR) is 80.0 cm³/mol. The number of piperidine rings is 1. The van der Waals surface area contributed by atoms with Gasteiger partial charge in [-0.25, -0.2) is 0 Å². The highest BCUT2D eigenvalue weighted by atomic mass is 16.2. The monoisotopic (exact) mass is 269 g/mol. The van der Waals surface area contributed by atoms with Crippen LogP contribution in [0.1, 0.15) is 52.9 Å². The van der Waals surface area contributed by atoms with Crippen LogP contribution in [0.15, 0.2) is 0 Å². The van der Waals surface area contributed by atoms with Crippen LogP contribution in [-0.2, 0) is 4.79 Å². The minimum atomic E-state index is 0.279. The maximum atomic E-state index is 12.4. The van der Waals surface area contributed by atoms with Gasteiger partial charge in [-0.3, -0.25) is 9.69 Å². The Morgan fingerprint density at radius 1 is 1.32 bits per heavy atom. The number of hydrogen-bond acceptors (Lipinski definition) is 3. The zero-order chi connectivity index (χ0) is 14.3. The van der Waals surface area contributed by atoms with Crippen LogP contribution in [0.5, 0.6) is 0 Å². The number of carbonyl (C=O) groups excluding carboxylic acids is 1. The molecule has 0 spiro atoms. The Balaban J connectivity index is 2.38. The van der Waals surface area contributed by atoms with Gasteiger partial charge in [-0.1, -0.05) is 19.8 Å². The molecule has 4 nitrogen and oxygen atoms in total. The smallest absolute Gasteiger partial charge is 0.236 e. The van der Waals surface area contributed by atoms with E-state index >= 15 is 0 Å². The van der Waals surface area contributed by atoms with Gasteiger partial charge in [0.15, 0.2) is 0 Å². The molecule has 0 saturated carbocycles.